The second-order valence-corrected chi connectivity index (χ2v) is 8.27. The van der Waals surface area contributed by atoms with E-state index in [9.17, 15) is 4.79 Å². The highest BCUT2D eigenvalue weighted by Crippen LogP contribution is 2.37. The molecular weight excluding hydrogens is 386 g/mol. The molecule has 2 aromatic carbocycles. The van der Waals surface area contributed by atoms with Crippen molar-refractivity contribution in [3.8, 4) is 0 Å². The Morgan fingerprint density at radius 1 is 1.24 bits per heavy atom. The number of amides is 1. The van der Waals surface area contributed by atoms with E-state index in [1.54, 1.807) is 24.5 Å². The maximum absolute atomic E-state index is 13.3. The first-order valence-electron chi connectivity index (χ1n) is 9.78. The Kier molecular flexibility index (Phi) is 4.77. The molecule has 2 aromatic heterocycles. The van der Waals surface area contributed by atoms with Crippen molar-refractivity contribution < 1.29 is 13.9 Å². The van der Waals surface area contributed by atoms with Crippen LogP contribution in [0.3, 0.4) is 0 Å². The number of oxazole rings is 1. The van der Waals surface area contributed by atoms with E-state index in [-0.39, 0.29) is 11.9 Å². The minimum atomic E-state index is 0.0171. The number of likely N-dealkylation sites (tertiary alicyclic amines) is 1. The molecule has 1 unspecified atom stereocenters. The van der Waals surface area contributed by atoms with Gasteiger partial charge in [-0.1, -0.05) is 12.1 Å². The van der Waals surface area contributed by atoms with Crippen LogP contribution in [0.15, 0.2) is 46.9 Å². The minimum Gasteiger partial charge on any atom is -0.441 e. The van der Waals surface area contributed by atoms with E-state index < -0.39 is 0 Å². The van der Waals surface area contributed by atoms with Gasteiger partial charge in [0.25, 0.3) is 5.91 Å². The number of benzene rings is 2. The monoisotopic (exact) mass is 407 g/mol. The topological polar surface area (TPSA) is 68.5 Å². The third-order valence-electron chi connectivity index (χ3n) is 5.31. The van der Waals surface area contributed by atoms with Gasteiger partial charge in [-0.2, -0.15) is 0 Å². The Morgan fingerprint density at radius 3 is 3.00 bits per heavy atom. The summed E-state index contributed by atoms with van der Waals surface area (Å²) in [6.45, 7) is 1.29. The van der Waals surface area contributed by atoms with Crippen molar-refractivity contribution in [3.63, 3.8) is 0 Å². The number of carbonyl (C=O) groups is 1. The number of aromatic nitrogens is 2. The molecule has 1 fully saturated rings. The lowest BCUT2D eigenvalue weighted by molar-refractivity contribution is 0.0735. The van der Waals surface area contributed by atoms with E-state index in [0.717, 1.165) is 40.1 Å². The van der Waals surface area contributed by atoms with Crippen LogP contribution in [-0.4, -0.2) is 41.0 Å². The first kappa shape index (κ1) is 18.3. The number of thiazole rings is 1. The van der Waals surface area contributed by atoms with Gasteiger partial charge >= 0.3 is 0 Å². The van der Waals surface area contributed by atoms with Crippen LogP contribution in [-0.2, 0) is 11.2 Å². The number of nitrogens with zero attached hydrogens (tertiary/aromatic N) is 3. The van der Waals surface area contributed by atoms with Crippen LogP contribution in [0, 0.1) is 0 Å². The molecule has 1 saturated heterocycles. The summed E-state index contributed by atoms with van der Waals surface area (Å²) in [6, 6.07) is 13.6. The van der Waals surface area contributed by atoms with Gasteiger partial charge in [-0.05, 0) is 43.2 Å². The van der Waals surface area contributed by atoms with Gasteiger partial charge in [0, 0.05) is 25.6 Å². The average molecular weight is 407 g/mol. The summed E-state index contributed by atoms with van der Waals surface area (Å²) in [4.78, 5) is 24.5. The van der Waals surface area contributed by atoms with Crippen LogP contribution in [0.1, 0.15) is 40.1 Å². The summed E-state index contributed by atoms with van der Waals surface area (Å²) in [5, 5.41) is 1.01. The smallest absolute Gasteiger partial charge is 0.254 e. The predicted molar refractivity (Wildman–Crippen MR) is 112 cm³/mol. The van der Waals surface area contributed by atoms with E-state index in [0.29, 0.717) is 30.1 Å². The summed E-state index contributed by atoms with van der Waals surface area (Å²) in [6.07, 6.45) is 2.54. The lowest BCUT2D eigenvalue weighted by atomic mass is 10.1. The quantitative estimate of drug-likeness (QED) is 0.483. The molecule has 7 heteroatoms. The lowest BCUT2D eigenvalue weighted by Gasteiger charge is -2.23. The number of rotatable bonds is 5. The molecule has 1 aliphatic rings. The first-order chi connectivity index (χ1) is 14.2. The average Bonchev–Trinajstić information content (AvgIpc) is 3.47. The summed E-state index contributed by atoms with van der Waals surface area (Å²) in [5.41, 5.74) is 3.02. The molecule has 1 atom stereocenters. The zero-order valence-electron chi connectivity index (χ0n) is 16.1. The number of para-hydroxylation sites is 1. The fourth-order valence-electron chi connectivity index (χ4n) is 3.87. The van der Waals surface area contributed by atoms with E-state index in [1.165, 1.54) is 0 Å². The van der Waals surface area contributed by atoms with Gasteiger partial charge in [0.15, 0.2) is 11.5 Å². The van der Waals surface area contributed by atoms with Crippen molar-refractivity contribution in [2.24, 2.45) is 0 Å². The molecule has 5 rings (SSSR count). The van der Waals surface area contributed by atoms with Crippen molar-refractivity contribution >= 4 is 38.6 Å². The summed E-state index contributed by atoms with van der Waals surface area (Å²) in [5.74, 6) is 0.642. The molecule has 3 heterocycles. The van der Waals surface area contributed by atoms with Crippen LogP contribution in [0.2, 0.25) is 0 Å². The molecule has 0 spiro atoms. The largest absolute Gasteiger partial charge is 0.441 e. The number of hydrogen-bond donors (Lipinski definition) is 0. The normalized spacial score (nSPS) is 16.9. The van der Waals surface area contributed by atoms with Crippen LogP contribution in [0.4, 0.5) is 0 Å². The SMILES string of the molecule is COCCc1nc2ccc(C(=O)N3CCCC3c3nc4ccccc4s3)cc2o1. The molecule has 0 radical (unpaired) electrons. The van der Waals surface area contributed by atoms with Crippen LogP contribution in [0.25, 0.3) is 21.3 Å². The Balaban J connectivity index is 1.42. The number of hydrogen-bond acceptors (Lipinski definition) is 6. The molecule has 148 valence electrons. The van der Waals surface area contributed by atoms with Gasteiger partial charge < -0.3 is 14.1 Å². The zero-order chi connectivity index (χ0) is 19.8. The fraction of sp³-hybridized carbons (Fsp3) is 0.318. The van der Waals surface area contributed by atoms with E-state index in [2.05, 4.69) is 11.1 Å². The number of fused-ring (bicyclic) bond motifs is 2. The molecule has 0 bridgehead atoms. The lowest BCUT2D eigenvalue weighted by Crippen LogP contribution is -2.30. The third kappa shape index (κ3) is 3.41. The van der Waals surface area contributed by atoms with Crippen molar-refractivity contribution in [2.45, 2.75) is 25.3 Å². The van der Waals surface area contributed by atoms with Crippen LogP contribution < -0.4 is 0 Å². The summed E-state index contributed by atoms with van der Waals surface area (Å²) < 4.78 is 12.0. The zero-order valence-corrected chi connectivity index (χ0v) is 16.9. The highest BCUT2D eigenvalue weighted by molar-refractivity contribution is 7.18. The number of methoxy groups -OCH3 is 1. The number of carbonyl (C=O) groups excluding carboxylic acids is 1. The number of ether oxygens (including phenoxy) is 1. The molecule has 6 nitrogen and oxygen atoms in total. The Morgan fingerprint density at radius 2 is 2.14 bits per heavy atom. The van der Waals surface area contributed by atoms with E-state index in [1.807, 2.05) is 35.2 Å². The van der Waals surface area contributed by atoms with Gasteiger partial charge in [0.1, 0.15) is 10.5 Å². The van der Waals surface area contributed by atoms with Gasteiger partial charge in [0.05, 0.1) is 22.9 Å². The van der Waals surface area contributed by atoms with Gasteiger partial charge in [-0.15, -0.1) is 11.3 Å². The summed E-state index contributed by atoms with van der Waals surface area (Å²) >= 11 is 1.68. The predicted octanol–water partition coefficient (Wildman–Crippen LogP) is 4.60. The second kappa shape index (κ2) is 7.57. The molecule has 0 saturated carbocycles. The molecule has 0 aliphatic carbocycles. The molecule has 29 heavy (non-hydrogen) atoms. The van der Waals surface area contributed by atoms with E-state index in [4.69, 9.17) is 14.1 Å². The van der Waals surface area contributed by atoms with Crippen molar-refractivity contribution in [1.82, 2.24) is 14.9 Å². The van der Waals surface area contributed by atoms with E-state index >= 15 is 0 Å². The highest BCUT2D eigenvalue weighted by atomic mass is 32.1. The van der Waals surface area contributed by atoms with Crippen LogP contribution >= 0.6 is 11.3 Å². The Hall–Kier alpha value is -2.77. The minimum absolute atomic E-state index is 0.0171. The maximum atomic E-state index is 13.3. The Labute approximate surface area is 172 Å². The third-order valence-corrected chi connectivity index (χ3v) is 6.45. The van der Waals surface area contributed by atoms with Crippen molar-refractivity contribution in [3.05, 3.63) is 58.9 Å². The molecule has 1 aliphatic heterocycles. The van der Waals surface area contributed by atoms with Gasteiger partial charge in [0.2, 0.25) is 0 Å². The van der Waals surface area contributed by atoms with Crippen molar-refractivity contribution in [1.29, 1.82) is 0 Å². The standard InChI is InChI=1S/C22H21N3O3S/c1-27-12-10-20-23-15-9-8-14(13-18(15)28-20)22(26)25-11-4-6-17(25)21-24-16-5-2-3-7-19(16)29-21/h2-3,5,7-9,13,17H,4,6,10-12H2,1H3. The van der Waals surface area contributed by atoms with Crippen LogP contribution in [0.5, 0.6) is 0 Å². The maximum Gasteiger partial charge on any atom is 0.254 e. The molecular formula is C22H21N3O3S. The highest BCUT2D eigenvalue weighted by Gasteiger charge is 2.33. The Bertz CT molecular complexity index is 1150. The molecule has 0 N–H and O–H groups in total. The molecule has 4 aromatic rings. The van der Waals surface area contributed by atoms with Gasteiger partial charge in [-0.3, -0.25) is 4.79 Å². The second-order valence-electron chi connectivity index (χ2n) is 7.21. The summed E-state index contributed by atoms with van der Waals surface area (Å²) in [7, 11) is 1.65. The van der Waals surface area contributed by atoms with Crippen molar-refractivity contribution in [2.75, 3.05) is 20.3 Å². The molecule has 1 amide bonds. The fourth-order valence-corrected chi connectivity index (χ4v) is 4.98. The first-order valence-corrected chi connectivity index (χ1v) is 10.6. The van der Waals surface area contributed by atoms with Gasteiger partial charge in [-0.25, -0.2) is 9.97 Å².